The van der Waals surface area contributed by atoms with Crippen LogP contribution in [0.4, 0.5) is 5.69 Å². The Kier molecular flexibility index (Phi) is 5.51. The Morgan fingerprint density at radius 2 is 2.05 bits per heavy atom. The van der Waals surface area contributed by atoms with Crippen LogP contribution in [-0.2, 0) is 9.59 Å². The van der Waals surface area contributed by atoms with Crippen LogP contribution in [-0.4, -0.2) is 29.6 Å². The molecule has 5 heteroatoms. The SMILES string of the molecule is O=C(O)/C=C/c1cccc(NC(=O)CNC2CCCC2)c1. The van der Waals surface area contributed by atoms with E-state index in [-0.39, 0.29) is 5.91 Å². The van der Waals surface area contributed by atoms with Crippen molar-refractivity contribution in [1.82, 2.24) is 5.32 Å². The van der Waals surface area contributed by atoms with Crippen molar-refractivity contribution in [2.75, 3.05) is 11.9 Å². The largest absolute Gasteiger partial charge is 0.478 e. The molecule has 1 aromatic carbocycles. The standard InChI is InChI=1S/C16H20N2O3/c19-15(11-17-13-5-1-2-6-13)18-14-7-3-4-12(10-14)8-9-16(20)21/h3-4,7-10,13,17H,1-2,5-6,11H2,(H,18,19)(H,20,21)/b9-8+. The summed E-state index contributed by atoms with van der Waals surface area (Å²) >= 11 is 0. The fraction of sp³-hybridized carbons (Fsp3) is 0.375. The van der Waals surface area contributed by atoms with Crippen LogP contribution in [0, 0.1) is 0 Å². The smallest absolute Gasteiger partial charge is 0.328 e. The number of anilines is 1. The Hall–Kier alpha value is -2.14. The van der Waals surface area contributed by atoms with Gasteiger partial charge < -0.3 is 15.7 Å². The summed E-state index contributed by atoms with van der Waals surface area (Å²) in [6.45, 7) is 0.305. The van der Waals surface area contributed by atoms with Crippen LogP contribution in [0.3, 0.4) is 0 Å². The average Bonchev–Trinajstić information content (AvgIpc) is 2.97. The predicted molar refractivity (Wildman–Crippen MR) is 82.0 cm³/mol. The molecule has 1 amide bonds. The highest BCUT2D eigenvalue weighted by atomic mass is 16.4. The van der Waals surface area contributed by atoms with Gasteiger partial charge in [0.1, 0.15) is 0 Å². The van der Waals surface area contributed by atoms with Crippen LogP contribution in [0.25, 0.3) is 6.08 Å². The van der Waals surface area contributed by atoms with Gasteiger partial charge in [0.15, 0.2) is 0 Å². The lowest BCUT2D eigenvalue weighted by Gasteiger charge is -2.12. The molecule has 0 aliphatic heterocycles. The second-order valence-electron chi connectivity index (χ2n) is 5.21. The number of aliphatic carboxylic acids is 1. The minimum absolute atomic E-state index is 0.0822. The van der Waals surface area contributed by atoms with Gasteiger partial charge in [-0.2, -0.15) is 0 Å². The normalized spacial score (nSPS) is 15.4. The molecule has 0 saturated heterocycles. The molecule has 0 heterocycles. The molecule has 0 bridgehead atoms. The van der Waals surface area contributed by atoms with Crippen LogP contribution in [0.15, 0.2) is 30.3 Å². The molecule has 1 aliphatic carbocycles. The molecule has 112 valence electrons. The fourth-order valence-corrected chi connectivity index (χ4v) is 2.46. The van der Waals surface area contributed by atoms with E-state index in [1.165, 1.54) is 18.9 Å². The van der Waals surface area contributed by atoms with Crippen molar-refractivity contribution in [3.63, 3.8) is 0 Å². The summed E-state index contributed by atoms with van der Waals surface area (Å²) in [4.78, 5) is 22.3. The lowest BCUT2D eigenvalue weighted by atomic mass is 10.2. The minimum atomic E-state index is -0.995. The lowest BCUT2D eigenvalue weighted by Crippen LogP contribution is -2.34. The van der Waals surface area contributed by atoms with Gasteiger partial charge in [-0.3, -0.25) is 4.79 Å². The van der Waals surface area contributed by atoms with Gasteiger partial charge in [0, 0.05) is 17.8 Å². The van der Waals surface area contributed by atoms with Crippen molar-refractivity contribution in [1.29, 1.82) is 0 Å². The summed E-state index contributed by atoms with van der Waals surface area (Å²) in [6.07, 6.45) is 7.32. The third-order valence-corrected chi connectivity index (χ3v) is 3.50. The zero-order valence-corrected chi connectivity index (χ0v) is 11.8. The van der Waals surface area contributed by atoms with E-state index in [0.29, 0.717) is 18.3 Å². The molecule has 0 radical (unpaired) electrons. The second kappa shape index (κ2) is 7.59. The van der Waals surface area contributed by atoms with E-state index in [0.717, 1.165) is 24.5 Å². The summed E-state index contributed by atoms with van der Waals surface area (Å²) in [6, 6.07) is 7.55. The van der Waals surface area contributed by atoms with Crippen LogP contribution in [0.1, 0.15) is 31.2 Å². The summed E-state index contributed by atoms with van der Waals surface area (Å²) in [7, 11) is 0. The van der Waals surface area contributed by atoms with Crippen LogP contribution in [0.2, 0.25) is 0 Å². The first-order chi connectivity index (χ1) is 10.1. The Morgan fingerprint density at radius 1 is 1.29 bits per heavy atom. The van der Waals surface area contributed by atoms with Gasteiger partial charge in [-0.05, 0) is 36.6 Å². The van der Waals surface area contributed by atoms with Crippen molar-refractivity contribution in [2.45, 2.75) is 31.7 Å². The van der Waals surface area contributed by atoms with E-state index in [1.807, 2.05) is 0 Å². The van der Waals surface area contributed by atoms with Gasteiger partial charge in [-0.1, -0.05) is 25.0 Å². The second-order valence-corrected chi connectivity index (χ2v) is 5.21. The number of rotatable bonds is 6. The maximum absolute atomic E-state index is 11.9. The van der Waals surface area contributed by atoms with Crippen molar-refractivity contribution >= 4 is 23.6 Å². The molecule has 1 aromatic rings. The topological polar surface area (TPSA) is 78.4 Å². The molecule has 1 aliphatic rings. The molecule has 0 atom stereocenters. The zero-order chi connectivity index (χ0) is 15.1. The van der Waals surface area contributed by atoms with Gasteiger partial charge in [0.05, 0.1) is 6.54 Å². The molecule has 5 nitrogen and oxygen atoms in total. The summed E-state index contributed by atoms with van der Waals surface area (Å²) < 4.78 is 0. The van der Waals surface area contributed by atoms with Crippen LogP contribution >= 0.6 is 0 Å². The van der Waals surface area contributed by atoms with Crippen molar-refractivity contribution in [3.8, 4) is 0 Å². The Balaban J connectivity index is 1.85. The maximum Gasteiger partial charge on any atom is 0.328 e. The number of amides is 1. The zero-order valence-electron chi connectivity index (χ0n) is 11.8. The van der Waals surface area contributed by atoms with Crippen LogP contribution in [0.5, 0.6) is 0 Å². The van der Waals surface area contributed by atoms with Crippen LogP contribution < -0.4 is 10.6 Å². The van der Waals surface area contributed by atoms with Crippen molar-refractivity contribution in [2.24, 2.45) is 0 Å². The molecule has 0 spiro atoms. The molecule has 2 rings (SSSR count). The predicted octanol–water partition coefficient (Wildman–Crippen LogP) is 2.26. The number of hydrogen-bond donors (Lipinski definition) is 3. The van der Waals surface area contributed by atoms with Gasteiger partial charge >= 0.3 is 5.97 Å². The monoisotopic (exact) mass is 288 g/mol. The molecule has 0 aromatic heterocycles. The number of benzene rings is 1. The number of carboxylic acid groups (broad SMARTS) is 1. The Bertz CT molecular complexity index is 534. The first kappa shape index (κ1) is 15.3. The highest BCUT2D eigenvalue weighted by Crippen LogP contribution is 2.17. The Morgan fingerprint density at radius 3 is 2.76 bits per heavy atom. The van der Waals surface area contributed by atoms with Crippen molar-refractivity contribution in [3.05, 3.63) is 35.9 Å². The minimum Gasteiger partial charge on any atom is -0.478 e. The summed E-state index contributed by atoms with van der Waals surface area (Å²) in [5.41, 5.74) is 1.40. The van der Waals surface area contributed by atoms with Gasteiger partial charge in [-0.15, -0.1) is 0 Å². The quantitative estimate of drug-likeness (QED) is 0.702. The van der Waals surface area contributed by atoms with Gasteiger partial charge in [-0.25, -0.2) is 4.79 Å². The average molecular weight is 288 g/mol. The van der Waals surface area contributed by atoms with E-state index >= 15 is 0 Å². The Labute approximate surface area is 124 Å². The molecule has 21 heavy (non-hydrogen) atoms. The first-order valence-electron chi connectivity index (χ1n) is 7.18. The summed E-state index contributed by atoms with van der Waals surface area (Å²) in [5, 5.41) is 14.7. The first-order valence-corrected chi connectivity index (χ1v) is 7.18. The molecule has 1 saturated carbocycles. The molecular formula is C16H20N2O3. The van der Waals surface area contributed by atoms with E-state index in [2.05, 4.69) is 10.6 Å². The third-order valence-electron chi connectivity index (χ3n) is 3.50. The number of carboxylic acids is 1. The van der Waals surface area contributed by atoms with Gasteiger partial charge in [0.2, 0.25) is 5.91 Å². The van der Waals surface area contributed by atoms with E-state index in [9.17, 15) is 9.59 Å². The molecule has 1 fully saturated rings. The number of carbonyl (C=O) groups excluding carboxylic acids is 1. The molecule has 3 N–H and O–H groups in total. The summed E-state index contributed by atoms with van der Waals surface area (Å²) in [5.74, 6) is -1.08. The number of carbonyl (C=O) groups is 2. The van der Waals surface area contributed by atoms with E-state index in [4.69, 9.17) is 5.11 Å². The van der Waals surface area contributed by atoms with E-state index < -0.39 is 5.97 Å². The number of nitrogens with one attached hydrogen (secondary N) is 2. The maximum atomic E-state index is 11.9. The fourth-order valence-electron chi connectivity index (χ4n) is 2.46. The highest BCUT2D eigenvalue weighted by molar-refractivity contribution is 5.92. The van der Waals surface area contributed by atoms with Crippen molar-refractivity contribution < 1.29 is 14.7 Å². The number of hydrogen-bond acceptors (Lipinski definition) is 3. The molecular weight excluding hydrogens is 268 g/mol. The highest BCUT2D eigenvalue weighted by Gasteiger charge is 2.15. The van der Waals surface area contributed by atoms with Gasteiger partial charge in [0.25, 0.3) is 0 Å². The van der Waals surface area contributed by atoms with E-state index in [1.54, 1.807) is 24.3 Å². The third kappa shape index (κ3) is 5.39. The lowest BCUT2D eigenvalue weighted by molar-refractivity contribution is -0.131. The molecule has 0 unspecified atom stereocenters.